The van der Waals surface area contributed by atoms with E-state index < -0.39 is 11.8 Å². The minimum Gasteiger partial charge on any atom is -0.441 e. The summed E-state index contributed by atoms with van der Waals surface area (Å²) in [5, 5.41) is 0.0292. The molecule has 0 saturated carbocycles. The molecular formula is C11H22BO3. The maximum absolute atomic E-state index is 11.3. The SMILES string of the molecule is CC([B]C(C)(C)C)OC(=O)OC(C)(C)C. The van der Waals surface area contributed by atoms with E-state index in [0.717, 1.165) is 0 Å². The standard InChI is InChI=1S/C11H22BO3/c1-8(12-10(2,3)4)14-9(13)15-11(5,6)7/h8H,1-7H3. The molecule has 0 aliphatic heterocycles. The summed E-state index contributed by atoms with van der Waals surface area (Å²) in [5.74, 6) is 0. The zero-order valence-electron chi connectivity index (χ0n) is 10.9. The first-order chi connectivity index (χ1) is 6.49. The van der Waals surface area contributed by atoms with Crippen LogP contribution in [0.4, 0.5) is 4.79 Å². The Labute approximate surface area is 93.8 Å². The molecule has 0 amide bonds. The Hall–Kier alpha value is -0.665. The van der Waals surface area contributed by atoms with Crippen molar-refractivity contribution in [2.45, 2.75) is 65.4 Å². The molecule has 4 heteroatoms. The second kappa shape index (κ2) is 4.91. The van der Waals surface area contributed by atoms with Crippen LogP contribution in [0, 0.1) is 0 Å². The lowest BCUT2D eigenvalue weighted by atomic mass is 9.52. The summed E-state index contributed by atoms with van der Waals surface area (Å²) >= 11 is 0. The van der Waals surface area contributed by atoms with Crippen molar-refractivity contribution in [1.29, 1.82) is 0 Å². The van der Waals surface area contributed by atoms with Gasteiger partial charge in [-0.3, -0.25) is 0 Å². The molecule has 1 unspecified atom stereocenters. The highest BCUT2D eigenvalue weighted by Crippen LogP contribution is 2.22. The lowest BCUT2D eigenvalue weighted by molar-refractivity contribution is -0.0115. The van der Waals surface area contributed by atoms with Crippen LogP contribution in [-0.4, -0.2) is 25.0 Å². The van der Waals surface area contributed by atoms with Crippen LogP contribution < -0.4 is 0 Å². The molecule has 0 aromatic heterocycles. The lowest BCUT2D eigenvalue weighted by Gasteiger charge is -2.24. The van der Waals surface area contributed by atoms with Crippen LogP contribution in [0.15, 0.2) is 0 Å². The second-order valence-corrected chi connectivity index (χ2v) is 5.82. The average Bonchev–Trinajstić information content (AvgIpc) is 1.73. The second-order valence-electron chi connectivity index (χ2n) is 5.82. The van der Waals surface area contributed by atoms with E-state index in [1.165, 1.54) is 0 Å². The van der Waals surface area contributed by atoms with Crippen LogP contribution in [0.5, 0.6) is 0 Å². The summed E-state index contributed by atoms with van der Waals surface area (Å²) in [7, 11) is 1.97. The van der Waals surface area contributed by atoms with Gasteiger partial charge in [0.25, 0.3) is 0 Å². The van der Waals surface area contributed by atoms with E-state index in [4.69, 9.17) is 9.47 Å². The zero-order valence-corrected chi connectivity index (χ0v) is 10.9. The van der Waals surface area contributed by atoms with Crippen molar-refractivity contribution in [3.05, 3.63) is 0 Å². The van der Waals surface area contributed by atoms with Crippen molar-refractivity contribution in [3.63, 3.8) is 0 Å². The zero-order chi connectivity index (χ0) is 12.3. The third kappa shape index (κ3) is 9.63. The molecule has 3 nitrogen and oxygen atoms in total. The summed E-state index contributed by atoms with van der Waals surface area (Å²) < 4.78 is 10.1. The van der Waals surface area contributed by atoms with Crippen LogP contribution in [-0.2, 0) is 9.47 Å². The van der Waals surface area contributed by atoms with Crippen LogP contribution in [0.3, 0.4) is 0 Å². The molecule has 0 fully saturated rings. The van der Waals surface area contributed by atoms with Crippen molar-refractivity contribution in [3.8, 4) is 0 Å². The molecule has 0 heterocycles. The Morgan fingerprint density at radius 1 is 1.13 bits per heavy atom. The number of hydrogen-bond donors (Lipinski definition) is 0. The van der Waals surface area contributed by atoms with Gasteiger partial charge in [-0.2, -0.15) is 0 Å². The van der Waals surface area contributed by atoms with Crippen molar-refractivity contribution >= 4 is 13.4 Å². The summed E-state index contributed by atoms with van der Waals surface area (Å²) in [6.45, 7) is 13.4. The predicted molar refractivity (Wildman–Crippen MR) is 62.3 cm³/mol. The first kappa shape index (κ1) is 14.3. The Balaban J connectivity index is 3.98. The van der Waals surface area contributed by atoms with Gasteiger partial charge in [-0.15, -0.1) is 0 Å². The first-order valence-electron chi connectivity index (χ1n) is 5.25. The smallest absolute Gasteiger partial charge is 0.441 e. The van der Waals surface area contributed by atoms with E-state index in [2.05, 4.69) is 20.8 Å². The molecule has 0 aromatic rings. The topological polar surface area (TPSA) is 35.5 Å². The van der Waals surface area contributed by atoms with Crippen molar-refractivity contribution < 1.29 is 14.3 Å². The monoisotopic (exact) mass is 213 g/mol. The van der Waals surface area contributed by atoms with Gasteiger partial charge in [0.2, 0.25) is 0 Å². The minimum atomic E-state index is -0.615. The van der Waals surface area contributed by atoms with Crippen LogP contribution in [0.2, 0.25) is 5.31 Å². The van der Waals surface area contributed by atoms with Crippen LogP contribution in [0.25, 0.3) is 0 Å². The molecule has 0 aliphatic rings. The molecule has 1 atom stereocenters. The Kier molecular flexibility index (Phi) is 4.69. The number of carbonyl (C=O) groups excluding carboxylic acids is 1. The van der Waals surface area contributed by atoms with Crippen molar-refractivity contribution in [2.75, 3.05) is 0 Å². The van der Waals surface area contributed by atoms with Gasteiger partial charge in [0.15, 0.2) is 7.28 Å². The molecule has 0 bridgehead atoms. The van der Waals surface area contributed by atoms with Crippen molar-refractivity contribution in [2.24, 2.45) is 0 Å². The number of carbonyl (C=O) groups is 1. The molecule has 0 aromatic carbocycles. The quantitative estimate of drug-likeness (QED) is 0.521. The molecule has 0 aliphatic carbocycles. The molecule has 15 heavy (non-hydrogen) atoms. The normalized spacial score (nSPS) is 14.3. The van der Waals surface area contributed by atoms with Crippen molar-refractivity contribution in [1.82, 2.24) is 0 Å². The lowest BCUT2D eigenvalue weighted by Crippen LogP contribution is -2.31. The maximum Gasteiger partial charge on any atom is 0.508 e. The van der Waals surface area contributed by atoms with Gasteiger partial charge in [-0.25, -0.2) is 4.79 Å². The largest absolute Gasteiger partial charge is 0.508 e. The van der Waals surface area contributed by atoms with E-state index in [1.807, 2.05) is 35.0 Å². The molecule has 87 valence electrons. The van der Waals surface area contributed by atoms with Crippen LogP contribution >= 0.6 is 0 Å². The third-order valence-corrected chi connectivity index (χ3v) is 1.41. The van der Waals surface area contributed by atoms with E-state index in [0.29, 0.717) is 0 Å². The van der Waals surface area contributed by atoms with Gasteiger partial charge in [0.05, 0.1) is 6.00 Å². The summed E-state index contributed by atoms with van der Waals surface area (Å²) in [4.78, 5) is 11.3. The van der Waals surface area contributed by atoms with E-state index in [9.17, 15) is 4.79 Å². The first-order valence-corrected chi connectivity index (χ1v) is 5.25. The van der Waals surface area contributed by atoms with E-state index in [-0.39, 0.29) is 11.3 Å². The van der Waals surface area contributed by atoms with Crippen LogP contribution in [0.1, 0.15) is 48.5 Å². The Morgan fingerprint density at radius 2 is 1.60 bits per heavy atom. The highest BCUT2D eigenvalue weighted by molar-refractivity contribution is 6.41. The molecule has 0 spiro atoms. The molecule has 1 radical (unpaired) electrons. The summed E-state index contributed by atoms with van der Waals surface area (Å²) in [6.07, 6.45) is -0.615. The highest BCUT2D eigenvalue weighted by atomic mass is 16.7. The van der Waals surface area contributed by atoms with Gasteiger partial charge in [0.1, 0.15) is 5.60 Å². The van der Waals surface area contributed by atoms with Gasteiger partial charge >= 0.3 is 6.16 Å². The minimum absolute atomic E-state index is 0.0292. The fourth-order valence-corrected chi connectivity index (χ4v) is 1.16. The average molecular weight is 213 g/mol. The predicted octanol–water partition coefficient (Wildman–Crippen LogP) is 3.21. The van der Waals surface area contributed by atoms with E-state index in [1.54, 1.807) is 0 Å². The maximum atomic E-state index is 11.3. The summed E-state index contributed by atoms with van der Waals surface area (Å²) in [5.41, 5.74) is -0.501. The molecule has 0 saturated heterocycles. The molecule has 0 N–H and O–H groups in total. The fourth-order valence-electron chi connectivity index (χ4n) is 1.16. The molecule has 0 rings (SSSR count). The number of hydrogen-bond acceptors (Lipinski definition) is 3. The highest BCUT2D eigenvalue weighted by Gasteiger charge is 2.23. The molecular weight excluding hydrogens is 191 g/mol. The number of rotatable bonds is 2. The summed E-state index contributed by atoms with van der Waals surface area (Å²) in [6, 6.07) is -0.236. The van der Waals surface area contributed by atoms with Gasteiger partial charge in [-0.05, 0) is 27.7 Å². The Morgan fingerprint density at radius 3 is 1.93 bits per heavy atom. The fraction of sp³-hybridized carbons (Fsp3) is 0.909. The van der Waals surface area contributed by atoms with Gasteiger partial charge in [-0.1, -0.05) is 26.1 Å². The number of ether oxygens (including phenoxy) is 2. The van der Waals surface area contributed by atoms with Gasteiger partial charge < -0.3 is 9.47 Å². The Bertz CT molecular complexity index is 213. The van der Waals surface area contributed by atoms with E-state index >= 15 is 0 Å². The van der Waals surface area contributed by atoms with Gasteiger partial charge in [0, 0.05) is 0 Å². The third-order valence-electron chi connectivity index (χ3n) is 1.41.